The van der Waals surface area contributed by atoms with Gasteiger partial charge in [0.05, 0.1) is 0 Å². The monoisotopic (exact) mass is 299 g/mol. The van der Waals surface area contributed by atoms with Crippen molar-refractivity contribution in [2.45, 2.75) is 13.0 Å². The molecule has 8 heteroatoms. The van der Waals surface area contributed by atoms with Gasteiger partial charge in [0.25, 0.3) is 5.91 Å². The van der Waals surface area contributed by atoms with E-state index in [9.17, 15) is 9.90 Å². The number of hydrogen-bond donors (Lipinski definition) is 2. The maximum Gasteiger partial charge on any atom is 0.251 e. The van der Waals surface area contributed by atoms with Crippen molar-refractivity contribution in [2.24, 2.45) is 0 Å². The highest BCUT2D eigenvalue weighted by atomic mass is 35.5. The summed E-state index contributed by atoms with van der Waals surface area (Å²) in [6, 6.07) is 0. The fourth-order valence-electron chi connectivity index (χ4n) is 2.21. The van der Waals surface area contributed by atoms with E-state index in [0.29, 0.717) is 37.0 Å². The summed E-state index contributed by atoms with van der Waals surface area (Å²) < 4.78 is 0. The number of carbonyl (C=O) groups is 1. The summed E-state index contributed by atoms with van der Waals surface area (Å²) in [4.78, 5) is 23.6. The van der Waals surface area contributed by atoms with Crippen LogP contribution in [0.4, 0.5) is 11.5 Å². The summed E-state index contributed by atoms with van der Waals surface area (Å²) in [5, 5.41) is 12.7. The van der Waals surface area contributed by atoms with Crippen molar-refractivity contribution >= 4 is 29.0 Å². The molecule has 7 nitrogen and oxygen atoms in total. The van der Waals surface area contributed by atoms with Gasteiger partial charge in [-0.05, 0) is 6.92 Å². The number of nitrogens with zero attached hydrogens (tertiary/aromatic N) is 4. The van der Waals surface area contributed by atoms with Gasteiger partial charge < -0.3 is 20.2 Å². The summed E-state index contributed by atoms with van der Waals surface area (Å²) >= 11 is 6.03. The zero-order chi connectivity index (χ0) is 14.7. The van der Waals surface area contributed by atoms with E-state index >= 15 is 0 Å². The number of aliphatic hydroxyl groups excluding tert-OH is 1. The first-order chi connectivity index (χ1) is 9.54. The van der Waals surface area contributed by atoms with Crippen molar-refractivity contribution in [3.05, 3.63) is 11.5 Å². The van der Waals surface area contributed by atoms with E-state index in [-0.39, 0.29) is 5.91 Å². The number of piperazine rings is 1. The van der Waals surface area contributed by atoms with Crippen LogP contribution in [-0.4, -0.2) is 65.2 Å². The van der Waals surface area contributed by atoms with Crippen molar-refractivity contribution in [1.82, 2.24) is 14.9 Å². The molecule has 0 aromatic carbocycles. The highest BCUT2D eigenvalue weighted by Crippen LogP contribution is 2.29. The molecule has 1 aliphatic heterocycles. The van der Waals surface area contributed by atoms with Crippen LogP contribution in [0.1, 0.15) is 6.92 Å². The lowest BCUT2D eigenvalue weighted by Crippen LogP contribution is -2.51. The van der Waals surface area contributed by atoms with Crippen LogP contribution in [0, 0.1) is 0 Å². The summed E-state index contributed by atoms with van der Waals surface area (Å²) in [6.45, 7) is 3.86. The molecule has 20 heavy (non-hydrogen) atoms. The predicted molar refractivity (Wildman–Crippen MR) is 77.1 cm³/mol. The summed E-state index contributed by atoms with van der Waals surface area (Å²) in [5.74, 6) is 0.496. The molecule has 1 aromatic rings. The summed E-state index contributed by atoms with van der Waals surface area (Å²) in [5.41, 5.74) is 0.685. The second-order valence-electron chi connectivity index (χ2n) is 4.60. The molecule has 110 valence electrons. The Morgan fingerprint density at radius 2 is 2.05 bits per heavy atom. The normalized spacial score (nSPS) is 17.0. The van der Waals surface area contributed by atoms with Gasteiger partial charge in [0.2, 0.25) is 0 Å². The molecule has 2 heterocycles. The standard InChI is InChI=1S/C12H18ClN5O2/c1-8(19)12(20)18-5-3-17(4-6-18)11-9(14-2)10(13)15-7-16-11/h7-8,14,19H,3-6H2,1-2H3. The Labute approximate surface area is 122 Å². The number of amides is 1. The first-order valence-electron chi connectivity index (χ1n) is 6.44. The van der Waals surface area contributed by atoms with Crippen LogP contribution in [0.2, 0.25) is 5.15 Å². The summed E-state index contributed by atoms with van der Waals surface area (Å²) in [6.07, 6.45) is 0.467. The molecule has 2 N–H and O–H groups in total. The van der Waals surface area contributed by atoms with Crippen molar-refractivity contribution in [3.8, 4) is 0 Å². The minimum Gasteiger partial charge on any atom is -0.384 e. The van der Waals surface area contributed by atoms with E-state index < -0.39 is 6.10 Å². The van der Waals surface area contributed by atoms with Gasteiger partial charge in [-0.15, -0.1) is 0 Å². The fraction of sp³-hybridized carbons (Fsp3) is 0.583. The van der Waals surface area contributed by atoms with Crippen LogP contribution >= 0.6 is 11.6 Å². The number of aliphatic hydroxyl groups is 1. The lowest BCUT2D eigenvalue weighted by molar-refractivity contribution is -0.139. The number of carbonyl (C=O) groups excluding carboxylic acids is 1. The van der Waals surface area contributed by atoms with Gasteiger partial charge in [0.15, 0.2) is 11.0 Å². The first-order valence-corrected chi connectivity index (χ1v) is 6.82. The molecular weight excluding hydrogens is 282 g/mol. The molecule has 1 amide bonds. The van der Waals surface area contributed by atoms with Crippen molar-refractivity contribution in [2.75, 3.05) is 43.4 Å². The van der Waals surface area contributed by atoms with E-state index in [1.165, 1.54) is 13.3 Å². The van der Waals surface area contributed by atoms with Crippen molar-refractivity contribution in [3.63, 3.8) is 0 Å². The Bertz CT molecular complexity index is 489. The van der Waals surface area contributed by atoms with Gasteiger partial charge in [-0.3, -0.25) is 4.79 Å². The predicted octanol–water partition coefficient (Wildman–Crippen LogP) is 0.201. The van der Waals surface area contributed by atoms with Gasteiger partial charge in [-0.25, -0.2) is 9.97 Å². The molecule has 0 bridgehead atoms. The number of aromatic nitrogens is 2. The SMILES string of the molecule is CNc1c(Cl)ncnc1N1CCN(C(=O)C(C)O)CC1. The topological polar surface area (TPSA) is 81.6 Å². The Hall–Kier alpha value is -1.60. The number of nitrogens with one attached hydrogen (secondary N) is 1. The molecule has 1 unspecified atom stereocenters. The van der Waals surface area contributed by atoms with E-state index in [0.717, 1.165) is 5.82 Å². The molecule has 0 spiro atoms. The molecule has 1 saturated heterocycles. The molecule has 1 atom stereocenters. The molecule has 1 aliphatic rings. The van der Waals surface area contributed by atoms with Crippen LogP contribution in [0.15, 0.2) is 6.33 Å². The zero-order valence-corrected chi connectivity index (χ0v) is 12.3. The van der Waals surface area contributed by atoms with Gasteiger partial charge in [0.1, 0.15) is 18.1 Å². The minimum atomic E-state index is -0.956. The highest BCUT2D eigenvalue weighted by Gasteiger charge is 2.25. The number of halogens is 1. The number of anilines is 2. The third-order valence-electron chi connectivity index (χ3n) is 3.28. The first kappa shape index (κ1) is 14.8. The Balaban J connectivity index is 2.08. The van der Waals surface area contributed by atoms with Gasteiger partial charge in [-0.2, -0.15) is 0 Å². The molecule has 0 aliphatic carbocycles. The largest absolute Gasteiger partial charge is 0.384 e. The molecule has 2 rings (SSSR count). The van der Waals surface area contributed by atoms with E-state index in [1.54, 1.807) is 11.9 Å². The van der Waals surface area contributed by atoms with E-state index in [4.69, 9.17) is 11.6 Å². The van der Waals surface area contributed by atoms with Crippen molar-refractivity contribution < 1.29 is 9.90 Å². The maximum absolute atomic E-state index is 11.7. The third kappa shape index (κ3) is 2.94. The average molecular weight is 300 g/mol. The Morgan fingerprint density at radius 1 is 1.40 bits per heavy atom. The average Bonchev–Trinajstić information content (AvgIpc) is 2.46. The van der Waals surface area contributed by atoms with Crippen LogP contribution in [-0.2, 0) is 4.79 Å². The third-order valence-corrected chi connectivity index (χ3v) is 3.57. The molecular formula is C12H18ClN5O2. The molecule has 1 fully saturated rings. The highest BCUT2D eigenvalue weighted by molar-refractivity contribution is 6.32. The Morgan fingerprint density at radius 3 is 2.60 bits per heavy atom. The molecule has 0 saturated carbocycles. The second kappa shape index (κ2) is 6.23. The van der Waals surface area contributed by atoms with Crippen LogP contribution < -0.4 is 10.2 Å². The molecule has 0 radical (unpaired) electrons. The summed E-state index contributed by atoms with van der Waals surface area (Å²) in [7, 11) is 1.77. The number of rotatable bonds is 3. The smallest absolute Gasteiger partial charge is 0.251 e. The maximum atomic E-state index is 11.7. The number of hydrogen-bond acceptors (Lipinski definition) is 6. The lowest BCUT2D eigenvalue weighted by Gasteiger charge is -2.36. The van der Waals surface area contributed by atoms with Gasteiger partial charge in [0, 0.05) is 33.2 Å². The quantitative estimate of drug-likeness (QED) is 0.776. The Kier molecular flexibility index (Phi) is 4.61. The van der Waals surface area contributed by atoms with Gasteiger partial charge >= 0.3 is 0 Å². The van der Waals surface area contributed by atoms with Crippen molar-refractivity contribution in [1.29, 1.82) is 0 Å². The van der Waals surface area contributed by atoms with Gasteiger partial charge in [-0.1, -0.05) is 11.6 Å². The van der Waals surface area contributed by atoms with E-state index in [2.05, 4.69) is 15.3 Å². The fourth-order valence-corrected chi connectivity index (χ4v) is 2.44. The molecule has 1 aromatic heterocycles. The lowest BCUT2D eigenvalue weighted by atomic mass is 10.2. The van der Waals surface area contributed by atoms with Crippen LogP contribution in [0.3, 0.4) is 0 Å². The zero-order valence-electron chi connectivity index (χ0n) is 11.5. The van der Waals surface area contributed by atoms with E-state index in [1.807, 2.05) is 4.90 Å². The van der Waals surface area contributed by atoms with Crippen LogP contribution in [0.5, 0.6) is 0 Å². The second-order valence-corrected chi connectivity index (χ2v) is 4.96. The minimum absolute atomic E-state index is 0.237. The van der Waals surface area contributed by atoms with Crippen LogP contribution in [0.25, 0.3) is 0 Å².